The number of amides is 2. The molecule has 0 spiro atoms. The second-order valence-electron chi connectivity index (χ2n) is 5.29. The van der Waals surface area contributed by atoms with Gasteiger partial charge in [-0.15, -0.1) is 0 Å². The van der Waals surface area contributed by atoms with Crippen LogP contribution in [0.3, 0.4) is 0 Å². The fourth-order valence-corrected chi connectivity index (χ4v) is 3.11. The van der Waals surface area contributed by atoms with Gasteiger partial charge in [0.2, 0.25) is 0 Å². The Morgan fingerprint density at radius 3 is 2.67 bits per heavy atom. The van der Waals surface area contributed by atoms with Crippen LogP contribution in [-0.4, -0.2) is 49.1 Å². The van der Waals surface area contributed by atoms with Crippen molar-refractivity contribution in [2.24, 2.45) is 0 Å². The summed E-state index contributed by atoms with van der Waals surface area (Å²) >= 11 is 3.33. The zero-order valence-electron chi connectivity index (χ0n) is 11.6. The highest BCUT2D eigenvalue weighted by Crippen LogP contribution is 2.25. The largest absolute Gasteiger partial charge is 0.381 e. The molecule has 0 atom stereocenters. The molecule has 21 heavy (non-hydrogen) atoms. The van der Waals surface area contributed by atoms with Crippen LogP contribution >= 0.6 is 15.9 Å². The molecule has 0 unspecified atom stereocenters. The molecule has 0 aromatic heterocycles. The molecule has 6 heteroatoms. The van der Waals surface area contributed by atoms with E-state index in [0.717, 1.165) is 30.5 Å². The number of fused-ring (bicyclic) bond motifs is 1. The molecule has 0 bridgehead atoms. The molecular weight excluding hydrogens is 336 g/mol. The van der Waals surface area contributed by atoms with Crippen LogP contribution in [-0.2, 0) is 4.74 Å². The van der Waals surface area contributed by atoms with Gasteiger partial charge >= 0.3 is 0 Å². The molecule has 1 fully saturated rings. The van der Waals surface area contributed by atoms with E-state index in [2.05, 4.69) is 21.2 Å². The molecular formula is C15H17BrN2O3. The van der Waals surface area contributed by atoms with Crippen molar-refractivity contribution in [3.05, 3.63) is 33.8 Å². The van der Waals surface area contributed by atoms with E-state index in [4.69, 9.17) is 4.74 Å². The molecule has 112 valence electrons. The first-order valence-corrected chi connectivity index (χ1v) is 7.93. The summed E-state index contributed by atoms with van der Waals surface area (Å²) in [5.41, 5.74) is 0.981. The average Bonchev–Trinajstić information content (AvgIpc) is 2.73. The zero-order valence-corrected chi connectivity index (χ0v) is 13.2. The maximum atomic E-state index is 12.3. The third kappa shape index (κ3) is 3.02. The van der Waals surface area contributed by atoms with Crippen LogP contribution in [0.25, 0.3) is 0 Å². The fraction of sp³-hybridized carbons (Fsp3) is 0.467. The molecule has 2 heterocycles. The Hall–Kier alpha value is -1.24. The Labute approximate surface area is 131 Å². The average molecular weight is 353 g/mol. The summed E-state index contributed by atoms with van der Waals surface area (Å²) in [7, 11) is 0. The molecule has 0 aliphatic carbocycles. The van der Waals surface area contributed by atoms with Crippen LogP contribution in [0, 0.1) is 0 Å². The first kappa shape index (κ1) is 14.7. The summed E-state index contributed by atoms with van der Waals surface area (Å²) in [6, 6.07) is 5.61. The van der Waals surface area contributed by atoms with E-state index >= 15 is 0 Å². The number of nitrogens with one attached hydrogen (secondary N) is 1. The number of hydrogen-bond donors (Lipinski definition) is 1. The summed E-state index contributed by atoms with van der Waals surface area (Å²) in [4.78, 5) is 25.8. The van der Waals surface area contributed by atoms with Crippen molar-refractivity contribution in [1.82, 2.24) is 10.2 Å². The number of halogens is 1. The van der Waals surface area contributed by atoms with Crippen molar-refractivity contribution in [2.75, 3.05) is 26.3 Å². The summed E-state index contributed by atoms with van der Waals surface area (Å²) < 4.78 is 6.11. The van der Waals surface area contributed by atoms with Crippen molar-refractivity contribution in [3.63, 3.8) is 0 Å². The predicted octanol–water partition coefficient (Wildman–Crippen LogP) is 1.81. The van der Waals surface area contributed by atoms with Crippen molar-refractivity contribution < 1.29 is 14.3 Å². The number of imide groups is 1. The van der Waals surface area contributed by atoms with E-state index < -0.39 is 0 Å². The maximum absolute atomic E-state index is 12.3. The summed E-state index contributed by atoms with van der Waals surface area (Å²) in [5.74, 6) is -0.402. The highest BCUT2D eigenvalue weighted by atomic mass is 79.9. The fourth-order valence-electron chi connectivity index (χ4n) is 2.75. The van der Waals surface area contributed by atoms with Gasteiger partial charge in [0, 0.05) is 36.8 Å². The number of ether oxygens (including phenoxy) is 1. The molecule has 5 nitrogen and oxygen atoms in total. The number of nitrogens with zero attached hydrogens (tertiary/aromatic N) is 1. The smallest absolute Gasteiger partial charge is 0.261 e. The van der Waals surface area contributed by atoms with Gasteiger partial charge in [-0.2, -0.15) is 0 Å². The molecule has 2 amide bonds. The number of benzene rings is 1. The third-order valence-corrected chi connectivity index (χ3v) is 4.42. The second kappa shape index (κ2) is 6.25. The lowest BCUT2D eigenvalue weighted by Crippen LogP contribution is -2.41. The van der Waals surface area contributed by atoms with Crippen LogP contribution in [0.2, 0.25) is 0 Å². The van der Waals surface area contributed by atoms with Gasteiger partial charge in [-0.25, -0.2) is 0 Å². The second-order valence-corrected chi connectivity index (χ2v) is 6.21. The Morgan fingerprint density at radius 2 is 1.90 bits per heavy atom. The lowest BCUT2D eigenvalue weighted by atomic mass is 10.1. The van der Waals surface area contributed by atoms with Gasteiger partial charge in [0.05, 0.1) is 11.1 Å². The van der Waals surface area contributed by atoms with Crippen molar-refractivity contribution in [3.8, 4) is 0 Å². The molecule has 3 rings (SSSR count). The molecule has 2 aliphatic rings. The number of rotatable bonds is 4. The van der Waals surface area contributed by atoms with E-state index in [1.54, 1.807) is 18.2 Å². The molecule has 1 aromatic rings. The van der Waals surface area contributed by atoms with Gasteiger partial charge in [0.25, 0.3) is 11.8 Å². The Kier molecular flexibility index (Phi) is 4.37. The Bertz CT molecular complexity index is 570. The first-order valence-electron chi connectivity index (χ1n) is 7.13. The standard InChI is InChI=1S/C15H17BrN2O3/c16-10-1-2-12-13(9-10)15(20)18(14(12)19)6-5-17-11-3-7-21-8-4-11/h1-2,9,11,17H,3-8H2. The van der Waals surface area contributed by atoms with Gasteiger partial charge in [0.1, 0.15) is 0 Å². The van der Waals surface area contributed by atoms with E-state index in [1.807, 2.05) is 0 Å². The van der Waals surface area contributed by atoms with Gasteiger partial charge in [-0.1, -0.05) is 15.9 Å². The minimum Gasteiger partial charge on any atom is -0.381 e. The van der Waals surface area contributed by atoms with Crippen LogP contribution in [0.15, 0.2) is 22.7 Å². The van der Waals surface area contributed by atoms with Gasteiger partial charge < -0.3 is 10.1 Å². The molecule has 0 saturated carbocycles. The summed E-state index contributed by atoms with van der Waals surface area (Å²) in [6.45, 7) is 2.58. The van der Waals surface area contributed by atoms with E-state index in [-0.39, 0.29) is 11.8 Å². The van der Waals surface area contributed by atoms with Crippen molar-refractivity contribution in [2.45, 2.75) is 18.9 Å². The quantitative estimate of drug-likeness (QED) is 0.839. The maximum Gasteiger partial charge on any atom is 0.261 e. The first-order chi connectivity index (χ1) is 10.2. The molecule has 0 radical (unpaired) electrons. The number of carbonyl (C=O) groups excluding carboxylic acids is 2. The predicted molar refractivity (Wildman–Crippen MR) is 81.4 cm³/mol. The Morgan fingerprint density at radius 1 is 1.19 bits per heavy atom. The van der Waals surface area contributed by atoms with Crippen LogP contribution < -0.4 is 5.32 Å². The normalized spacial score (nSPS) is 19.2. The minimum absolute atomic E-state index is 0.198. The van der Waals surface area contributed by atoms with Gasteiger partial charge in [-0.3, -0.25) is 14.5 Å². The van der Waals surface area contributed by atoms with E-state index in [9.17, 15) is 9.59 Å². The Balaban J connectivity index is 1.59. The lowest BCUT2D eigenvalue weighted by Gasteiger charge is -2.24. The topological polar surface area (TPSA) is 58.6 Å². The SMILES string of the molecule is O=C1c2ccc(Br)cc2C(=O)N1CCNC1CCOCC1. The van der Waals surface area contributed by atoms with E-state index in [1.165, 1.54) is 4.90 Å². The van der Waals surface area contributed by atoms with Crippen LogP contribution in [0.4, 0.5) is 0 Å². The van der Waals surface area contributed by atoms with Gasteiger partial charge in [0.15, 0.2) is 0 Å². The summed E-state index contributed by atoms with van der Waals surface area (Å²) in [5, 5.41) is 3.39. The lowest BCUT2D eigenvalue weighted by molar-refractivity contribution is 0.0634. The van der Waals surface area contributed by atoms with Gasteiger partial charge in [-0.05, 0) is 31.0 Å². The molecule has 1 saturated heterocycles. The van der Waals surface area contributed by atoms with Crippen molar-refractivity contribution in [1.29, 1.82) is 0 Å². The third-order valence-electron chi connectivity index (χ3n) is 3.92. The van der Waals surface area contributed by atoms with Crippen LogP contribution in [0.1, 0.15) is 33.6 Å². The molecule has 1 aromatic carbocycles. The monoisotopic (exact) mass is 352 g/mol. The molecule has 2 aliphatic heterocycles. The van der Waals surface area contributed by atoms with Crippen LogP contribution in [0.5, 0.6) is 0 Å². The number of carbonyl (C=O) groups is 2. The number of hydrogen-bond acceptors (Lipinski definition) is 4. The highest BCUT2D eigenvalue weighted by molar-refractivity contribution is 9.10. The van der Waals surface area contributed by atoms with E-state index in [0.29, 0.717) is 30.3 Å². The zero-order chi connectivity index (χ0) is 14.8. The molecule has 1 N–H and O–H groups in total. The van der Waals surface area contributed by atoms with Crippen molar-refractivity contribution >= 4 is 27.7 Å². The summed E-state index contributed by atoms with van der Waals surface area (Å²) in [6.07, 6.45) is 1.96. The highest BCUT2D eigenvalue weighted by Gasteiger charge is 2.35. The minimum atomic E-state index is -0.204.